The van der Waals surface area contributed by atoms with Gasteiger partial charge in [0, 0.05) is 109 Å². The summed E-state index contributed by atoms with van der Waals surface area (Å²) >= 11 is 8.27. The number of sulfonamides is 2. The standard InChI is InChI=1S/C26H32FN7O2S2.C14H20N5O2S2.C12H12ClFN2.C4H8O/c1-20(21-4-6-22(27)7-5-21)34-19-29-17-23(34)16-26(28-2)8-10-33(11-9-26)38(35,36)24-18-30-25(37-24)32-14-12-31(3)13-15-32;1-15-12-3-5-19(6-4-12)23(20,21)13-11-16-14(22-13)18-9-7-17(2)8-10-18;1-9(10-2-4-11(14)5-3-10)16-8-15-7-12(16)6-13;1-2-4-5-3-1/h4-7,17-20H,8-16H2,1,3H3;11-12H,2-10H2;2-5,7-9H,6H2,1H3;1-4H2/q;+1;;/t20-;;9-;/m1.1./s1. The van der Waals surface area contributed by atoms with Crippen molar-refractivity contribution in [1.82, 2.24) is 42.6 Å². The minimum atomic E-state index is -3.67. The van der Waals surface area contributed by atoms with Gasteiger partial charge in [-0.05, 0) is 69.1 Å². The van der Waals surface area contributed by atoms with Crippen molar-refractivity contribution in [3.8, 4) is 0 Å². The zero-order valence-electron chi connectivity index (χ0n) is 46.6. The van der Waals surface area contributed by atoms with Gasteiger partial charge in [0.25, 0.3) is 20.0 Å². The van der Waals surface area contributed by atoms with Crippen molar-refractivity contribution in [2.24, 2.45) is 0 Å². The molecule has 0 radical (unpaired) electrons. The summed E-state index contributed by atoms with van der Waals surface area (Å²) in [5.41, 5.74) is 3.15. The second kappa shape index (κ2) is 28.7. The number of hydrogen-bond acceptors (Lipinski definition) is 14. The molecule has 0 unspecified atom stereocenters. The Kier molecular flexibility index (Phi) is 21.8. The minimum Gasteiger partial charge on any atom is -0.381 e. The summed E-state index contributed by atoms with van der Waals surface area (Å²) in [6.45, 7) is 33.3. The number of ether oxygens (including phenoxy) is 1. The molecule has 0 spiro atoms. The lowest BCUT2D eigenvalue weighted by Crippen LogP contribution is -2.46. The van der Waals surface area contributed by atoms with E-state index in [-0.39, 0.29) is 47.1 Å². The monoisotopic (exact) mass is 1220 g/mol. The SMILES string of the molecule is C1CCOC1.C[C@H](c1ccc(F)cc1)n1cncc1CCl.[C-]#[N+]C1(Cc2cncn2[C@H](C)c2ccc(F)cc2)CCN(S(=O)(=O)c2cnc(N3CCN(C)CC3)s2)CC1.[C-]#[N+]C1CCN(S(=O)(=O)c2cnc(N3CC[N+](=C)CC3)s2)CC1. The number of alkyl halides is 1. The fourth-order valence-corrected chi connectivity index (χ4v) is 15.9. The lowest BCUT2D eigenvalue weighted by Gasteiger charge is -2.33. The Hall–Kier alpha value is -5.74. The van der Waals surface area contributed by atoms with Crippen LogP contribution in [0, 0.1) is 24.8 Å². The van der Waals surface area contributed by atoms with Crippen LogP contribution < -0.4 is 9.80 Å². The third kappa shape index (κ3) is 15.7. The van der Waals surface area contributed by atoms with E-state index in [0.717, 1.165) is 98.3 Å². The van der Waals surface area contributed by atoms with Crippen LogP contribution in [0.25, 0.3) is 9.69 Å². The molecule has 0 N–H and O–H groups in total. The van der Waals surface area contributed by atoms with Crippen LogP contribution in [0.5, 0.6) is 0 Å². The first-order valence-electron chi connectivity index (χ1n) is 27.5. The van der Waals surface area contributed by atoms with E-state index >= 15 is 0 Å². The highest BCUT2D eigenvalue weighted by Crippen LogP contribution is 2.37. The maximum absolute atomic E-state index is 13.4. The number of anilines is 2. The van der Waals surface area contributed by atoms with Crippen LogP contribution in [0.15, 0.2) is 94.4 Å². The smallest absolute Gasteiger partial charge is 0.254 e. The van der Waals surface area contributed by atoms with E-state index in [1.165, 1.54) is 80.8 Å². The zero-order chi connectivity index (χ0) is 58.4. The summed E-state index contributed by atoms with van der Waals surface area (Å²) in [4.78, 5) is 31.1. The van der Waals surface area contributed by atoms with Crippen LogP contribution in [-0.2, 0) is 37.1 Å². The molecule has 2 atom stereocenters. The van der Waals surface area contributed by atoms with Gasteiger partial charge in [-0.1, -0.05) is 46.9 Å². The van der Waals surface area contributed by atoms with Gasteiger partial charge in [-0.15, -0.1) is 11.6 Å². The highest BCUT2D eigenvalue weighted by molar-refractivity contribution is 7.91. The van der Waals surface area contributed by atoms with Crippen molar-refractivity contribution < 1.29 is 34.9 Å². The Morgan fingerprint density at radius 3 is 1.62 bits per heavy atom. The fraction of sp³-hybridized carbons (Fsp3) is 0.518. The van der Waals surface area contributed by atoms with E-state index in [9.17, 15) is 25.6 Å². The van der Waals surface area contributed by atoms with Crippen LogP contribution in [0.4, 0.5) is 19.0 Å². The van der Waals surface area contributed by atoms with E-state index in [4.69, 9.17) is 29.5 Å². The van der Waals surface area contributed by atoms with Crippen molar-refractivity contribution in [3.05, 3.63) is 143 Å². The number of benzene rings is 2. The molecule has 11 rings (SSSR count). The Morgan fingerprint density at radius 1 is 0.707 bits per heavy atom. The van der Waals surface area contributed by atoms with Crippen LogP contribution >= 0.6 is 34.3 Å². The highest BCUT2D eigenvalue weighted by atomic mass is 35.5. The molecule has 82 heavy (non-hydrogen) atoms. The molecule has 6 aromatic rings. The van der Waals surface area contributed by atoms with Crippen molar-refractivity contribution in [3.63, 3.8) is 0 Å². The quantitative estimate of drug-likeness (QED) is 0.0616. The minimum absolute atomic E-state index is 0.0441. The van der Waals surface area contributed by atoms with E-state index in [1.54, 1.807) is 49.3 Å². The van der Waals surface area contributed by atoms with Crippen molar-refractivity contribution >= 4 is 71.3 Å². The van der Waals surface area contributed by atoms with Crippen LogP contribution in [0.3, 0.4) is 0 Å². The van der Waals surface area contributed by atoms with E-state index in [1.807, 2.05) is 27.6 Å². The normalized spacial score (nSPS) is 19.1. The molecule has 26 heteroatoms. The molecule has 19 nitrogen and oxygen atoms in total. The zero-order valence-corrected chi connectivity index (χ0v) is 50.7. The number of halogens is 3. The van der Waals surface area contributed by atoms with Crippen LogP contribution in [0.1, 0.15) is 87.0 Å². The van der Waals surface area contributed by atoms with Gasteiger partial charge in [-0.3, -0.25) is 0 Å². The third-order valence-corrected chi connectivity index (χ3v) is 22.6. The molecule has 5 fully saturated rings. The number of hydrogen-bond donors (Lipinski definition) is 0. The van der Waals surface area contributed by atoms with E-state index in [2.05, 4.69) is 58.1 Å². The molecular weight excluding hydrogens is 1150 g/mol. The Bertz CT molecular complexity index is 3320. The van der Waals surface area contributed by atoms with Gasteiger partial charge in [0.2, 0.25) is 11.6 Å². The second-order valence-electron chi connectivity index (χ2n) is 21.0. The summed E-state index contributed by atoms with van der Waals surface area (Å²) < 4.78 is 93.0. The van der Waals surface area contributed by atoms with Crippen molar-refractivity contribution in [2.75, 3.05) is 109 Å². The maximum atomic E-state index is 13.4. The number of likely N-dealkylation sites (N-methyl/N-ethyl adjacent to an activating group) is 1. The number of piperidine rings is 2. The Morgan fingerprint density at radius 2 is 1.17 bits per heavy atom. The molecule has 0 amide bonds. The van der Waals surface area contributed by atoms with Crippen LogP contribution in [-0.4, -0.2) is 181 Å². The number of piperazine rings is 2. The topological polar surface area (TPSA) is 167 Å². The van der Waals surface area contributed by atoms with Gasteiger partial charge in [0.1, 0.15) is 18.4 Å². The summed E-state index contributed by atoms with van der Waals surface area (Å²) in [5, 5.41) is 1.50. The van der Waals surface area contributed by atoms with E-state index in [0.29, 0.717) is 55.3 Å². The second-order valence-corrected chi connectivity index (χ2v) is 27.6. The molecule has 5 aliphatic heterocycles. The highest BCUT2D eigenvalue weighted by Gasteiger charge is 2.45. The third-order valence-electron chi connectivity index (χ3n) is 15.6. The molecule has 5 aliphatic rings. The molecule has 4 aromatic heterocycles. The predicted octanol–water partition coefficient (Wildman–Crippen LogP) is 8.44. The number of imidazole rings is 2. The van der Waals surface area contributed by atoms with Gasteiger partial charge >= 0.3 is 0 Å². The molecule has 5 saturated heterocycles. The molecule has 0 saturated carbocycles. The Labute approximate surface area is 494 Å². The van der Waals surface area contributed by atoms with Gasteiger partial charge in [0.05, 0.1) is 68.2 Å². The largest absolute Gasteiger partial charge is 0.381 e. The fourth-order valence-electron chi connectivity index (χ4n) is 10.2. The van der Waals surface area contributed by atoms with Crippen molar-refractivity contribution in [2.45, 2.75) is 96.8 Å². The molecule has 0 aliphatic carbocycles. The van der Waals surface area contributed by atoms with Gasteiger partial charge in [0.15, 0.2) is 31.8 Å². The Balaban J connectivity index is 0.000000168. The average Bonchev–Trinajstić information content (AvgIpc) is 4.39. The molecule has 2 aromatic carbocycles. The van der Waals surface area contributed by atoms with Gasteiger partial charge in [-0.2, -0.15) is 8.61 Å². The molecule has 0 bridgehead atoms. The summed E-state index contributed by atoms with van der Waals surface area (Å²) in [7, 11) is -5.08. The van der Waals surface area contributed by atoms with E-state index < -0.39 is 25.6 Å². The molecular formula is C56H72ClF2N14O5S4+. The first kappa shape index (κ1) is 62.3. The van der Waals surface area contributed by atoms with Gasteiger partial charge in [-0.25, -0.2) is 63.3 Å². The lowest BCUT2D eigenvalue weighted by molar-refractivity contribution is -0.521. The maximum Gasteiger partial charge on any atom is 0.254 e. The average molecular weight is 1220 g/mol. The molecule has 9 heterocycles. The number of thiazole rings is 2. The first-order chi connectivity index (χ1) is 39.4. The van der Waals surface area contributed by atoms with Crippen LogP contribution in [0.2, 0.25) is 0 Å². The first-order valence-corrected chi connectivity index (χ1v) is 32.6. The van der Waals surface area contributed by atoms with Gasteiger partial charge < -0.3 is 38.3 Å². The molecule has 440 valence electrons. The van der Waals surface area contributed by atoms with Crippen molar-refractivity contribution in [1.29, 1.82) is 0 Å². The summed E-state index contributed by atoms with van der Waals surface area (Å²) in [5.74, 6) is -0.0839. The summed E-state index contributed by atoms with van der Waals surface area (Å²) in [6, 6.07) is 12.9. The number of rotatable bonds is 13. The number of nitrogens with zero attached hydrogens (tertiary/aromatic N) is 14. The predicted molar refractivity (Wildman–Crippen MR) is 317 cm³/mol. The lowest BCUT2D eigenvalue weighted by atomic mass is 9.84. The number of aromatic nitrogens is 6. The summed E-state index contributed by atoms with van der Waals surface area (Å²) in [6.07, 6.45) is 15.1.